The molecule has 1 aromatic heterocycles. The maximum Gasteiger partial charge on any atom is 0.218 e. The van der Waals surface area contributed by atoms with E-state index in [9.17, 15) is 4.79 Å². The lowest BCUT2D eigenvalue weighted by Gasteiger charge is -2.31. The lowest BCUT2D eigenvalue weighted by Crippen LogP contribution is -2.40. The quantitative estimate of drug-likeness (QED) is 0.418. The van der Waals surface area contributed by atoms with Crippen molar-refractivity contribution in [2.24, 2.45) is 11.7 Å². The smallest absolute Gasteiger partial charge is 0.218 e. The van der Waals surface area contributed by atoms with Crippen LogP contribution in [0.1, 0.15) is 54.5 Å². The second kappa shape index (κ2) is 11.8. The first kappa shape index (κ1) is 24.7. The van der Waals surface area contributed by atoms with Crippen LogP contribution in [0.3, 0.4) is 0 Å². The summed E-state index contributed by atoms with van der Waals surface area (Å²) in [6.07, 6.45) is 9.04. The third-order valence-electron chi connectivity index (χ3n) is 6.98. The zero-order valence-corrected chi connectivity index (χ0v) is 20.7. The van der Waals surface area contributed by atoms with Crippen molar-refractivity contribution in [1.29, 1.82) is 0 Å². The molecule has 4 rings (SSSR count). The van der Waals surface area contributed by atoms with Gasteiger partial charge in [-0.05, 0) is 60.1 Å². The third kappa shape index (κ3) is 6.37. The molecule has 1 aliphatic carbocycles. The van der Waals surface area contributed by atoms with Crippen molar-refractivity contribution < 1.29 is 9.53 Å². The number of carbonyl (C=O) groups is 1. The van der Waals surface area contributed by atoms with Crippen LogP contribution in [0.15, 0.2) is 60.7 Å². The number of ether oxygens (including phenoxy) is 1. The molecule has 5 heteroatoms. The van der Waals surface area contributed by atoms with E-state index >= 15 is 0 Å². The Labute approximate surface area is 208 Å². The molecular weight excluding hydrogens is 434 g/mol. The Kier molecular flexibility index (Phi) is 8.32. The summed E-state index contributed by atoms with van der Waals surface area (Å²) in [6.45, 7) is 2.81. The Morgan fingerprint density at radius 1 is 1.06 bits per heavy atom. The molecule has 1 aliphatic rings. The molecule has 1 amide bonds. The maximum atomic E-state index is 11.5. The van der Waals surface area contributed by atoms with E-state index < -0.39 is 0 Å². The molecule has 2 unspecified atom stereocenters. The monoisotopic (exact) mass is 469 g/mol. The minimum absolute atomic E-state index is 0.219. The summed E-state index contributed by atoms with van der Waals surface area (Å²) in [6, 6.07) is 21.2. The molecule has 1 saturated carbocycles. The highest BCUT2D eigenvalue weighted by Crippen LogP contribution is 2.29. The topological polar surface area (TPSA) is 77.2 Å². The second-order valence-corrected chi connectivity index (χ2v) is 9.33. The largest absolute Gasteiger partial charge is 0.481 e. The number of benzene rings is 2. The number of nitrogens with one attached hydrogen (secondary N) is 1. The van der Waals surface area contributed by atoms with E-state index in [1.165, 1.54) is 23.1 Å². The van der Waals surface area contributed by atoms with Crippen molar-refractivity contribution in [3.8, 4) is 17.0 Å². The molecule has 3 aromatic rings. The molecule has 3 N–H and O–H groups in total. The van der Waals surface area contributed by atoms with E-state index in [-0.39, 0.29) is 5.91 Å². The number of hydrogen-bond donors (Lipinski definition) is 2. The van der Waals surface area contributed by atoms with Crippen LogP contribution in [0.25, 0.3) is 23.3 Å². The number of hydrogen-bond acceptors (Lipinski definition) is 4. The highest BCUT2D eigenvalue weighted by molar-refractivity contribution is 5.77. The number of amides is 1. The first-order valence-corrected chi connectivity index (χ1v) is 12.4. The van der Waals surface area contributed by atoms with E-state index in [2.05, 4.69) is 66.8 Å². The van der Waals surface area contributed by atoms with Gasteiger partial charge in [0.25, 0.3) is 0 Å². The summed E-state index contributed by atoms with van der Waals surface area (Å²) < 4.78 is 5.61. The summed E-state index contributed by atoms with van der Waals surface area (Å²) in [5, 5.41) is 3.63. The molecule has 2 atom stereocenters. The predicted molar refractivity (Wildman–Crippen MR) is 143 cm³/mol. The van der Waals surface area contributed by atoms with E-state index in [1.807, 2.05) is 18.2 Å². The maximum absolute atomic E-state index is 11.5. The minimum Gasteiger partial charge on any atom is -0.481 e. The van der Waals surface area contributed by atoms with Gasteiger partial charge in [0, 0.05) is 24.6 Å². The normalized spacial score (nSPS) is 18.0. The third-order valence-corrected chi connectivity index (χ3v) is 6.98. The fraction of sp³-hybridized carbons (Fsp3) is 0.333. The lowest BCUT2D eigenvalue weighted by atomic mass is 9.82. The Morgan fingerprint density at radius 3 is 2.63 bits per heavy atom. The van der Waals surface area contributed by atoms with Gasteiger partial charge in [-0.2, -0.15) is 0 Å². The number of nitrogens with two attached hydrogens (primary N) is 1. The van der Waals surface area contributed by atoms with Gasteiger partial charge in [-0.1, -0.05) is 73.5 Å². The summed E-state index contributed by atoms with van der Waals surface area (Å²) >= 11 is 0. The number of primary amides is 1. The molecule has 0 saturated heterocycles. The average Bonchev–Trinajstić information content (AvgIpc) is 2.88. The van der Waals surface area contributed by atoms with Gasteiger partial charge >= 0.3 is 0 Å². The van der Waals surface area contributed by atoms with Crippen molar-refractivity contribution in [3.63, 3.8) is 0 Å². The van der Waals surface area contributed by atoms with E-state index in [0.29, 0.717) is 30.8 Å². The van der Waals surface area contributed by atoms with Gasteiger partial charge < -0.3 is 15.8 Å². The fourth-order valence-electron chi connectivity index (χ4n) is 5.05. The highest BCUT2D eigenvalue weighted by atomic mass is 16.5. The van der Waals surface area contributed by atoms with E-state index in [4.69, 9.17) is 15.5 Å². The van der Waals surface area contributed by atoms with Crippen molar-refractivity contribution in [2.75, 3.05) is 7.11 Å². The molecule has 1 fully saturated rings. The summed E-state index contributed by atoms with van der Waals surface area (Å²) in [5.41, 5.74) is 12.2. The van der Waals surface area contributed by atoms with Gasteiger partial charge in [0.2, 0.25) is 11.8 Å². The Morgan fingerprint density at radius 2 is 1.86 bits per heavy atom. The SMILES string of the molecule is COc1nc(/C=C/c2cccc(-c3ccccc3)c2C)ccc1CNC1CCCCC1CC(N)=O. The zero-order valence-electron chi connectivity index (χ0n) is 20.7. The van der Waals surface area contributed by atoms with Crippen LogP contribution in [-0.2, 0) is 11.3 Å². The first-order chi connectivity index (χ1) is 17.0. The second-order valence-electron chi connectivity index (χ2n) is 9.33. The van der Waals surface area contributed by atoms with Gasteiger partial charge in [-0.15, -0.1) is 0 Å². The molecule has 0 radical (unpaired) electrons. The van der Waals surface area contributed by atoms with E-state index in [0.717, 1.165) is 36.1 Å². The summed E-state index contributed by atoms with van der Waals surface area (Å²) in [4.78, 5) is 16.2. The van der Waals surface area contributed by atoms with Crippen LogP contribution >= 0.6 is 0 Å². The van der Waals surface area contributed by atoms with Crippen LogP contribution < -0.4 is 15.8 Å². The standard InChI is InChI=1S/C30H35N3O2/c1-21-22(12-8-13-27(21)23-9-4-3-5-10-23)15-17-26-18-16-25(30(33-26)35-2)20-32-28-14-7-6-11-24(28)19-29(31)34/h3-5,8-10,12-13,15-18,24,28,32H,6-7,11,14,19-20H2,1-2H3,(H2,31,34)/b17-15+. The highest BCUT2D eigenvalue weighted by Gasteiger charge is 2.26. The molecule has 2 aromatic carbocycles. The fourth-order valence-corrected chi connectivity index (χ4v) is 5.05. The molecule has 35 heavy (non-hydrogen) atoms. The first-order valence-electron chi connectivity index (χ1n) is 12.4. The van der Waals surface area contributed by atoms with Crippen molar-refractivity contribution in [1.82, 2.24) is 10.3 Å². The van der Waals surface area contributed by atoms with Crippen LogP contribution in [0.4, 0.5) is 0 Å². The zero-order chi connectivity index (χ0) is 24.6. The van der Waals surface area contributed by atoms with Crippen LogP contribution in [0.2, 0.25) is 0 Å². The van der Waals surface area contributed by atoms with Crippen molar-refractivity contribution in [3.05, 3.63) is 83.0 Å². The molecule has 1 heterocycles. The van der Waals surface area contributed by atoms with E-state index in [1.54, 1.807) is 7.11 Å². The number of aromatic nitrogens is 1. The number of pyridine rings is 1. The summed E-state index contributed by atoms with van der Waals surface area (Å²) in [7, 11) is 1.66. The Hall–Kier alpha value is -3.44. The van der Waals surface area contributed by atoms with Crippen molar-refractivity contribution >= 4 is 18.1 Å². The Bertz CT molecular complexity index is 1170. The minimum atomic E-state index is -0.219. The average molecular weight is 470 g/mol. The number of carbonyl (C=O) groups excluding carboxylic acids is 1. The molecule has 0 spiro atoms. The van der Waals surface area contributed by atoms with Crippen molar-refractivity contribution in [2.45, 2.75) is 51.6 Å². The number of rotatable bonds is 9. The van der Waals surface area contributed by atoms with Crippen LogP contribution in [0, 0.1) is 12.8 Å². The molecular formula is C30H35N3O2. The van der Waals surface area contributed by atoms with Gasteiger partial charge in [-0.25, -0.2) is 4.98 Å². The van der Waals surface area contributed by atoms with Gasteiger partial charge in [0.05, 0.1) is 12.8 Å². The number of methoxy groups -OCH3 is 1. The number of nitrogens with zero attached hydrogens (tertiary/aromatic N) is 1. The summed E-state index contributed by atoms with van der Waals surface area (Å²) in [5.74, 6) is 0.706. The molecule has 0 bridgehead atoms. The molecule has 5 nitrogen and oxygen atoms in total. The van der Waals surface area contributed by atoms with Crippen LogP contribution in [-0.4, -0.2) is 24.0 Å². The van der Waals surface area contributed by atoms with Gasteiger partial charge in [-0.3, -0.25) is 4.79 Å². The van der Waals surface area contributed by atoms with Crippen LogP contribution in [0.5, 0.6) is 5.88 Å². The van der Waals surface area contributed by atoms with Gasteiger partial charge in [0.1, 0.15) is 0 Å². The lowest BCUT2D eigenvalue weighted by molar-refractivity contribution is -0.119. The molecule has 0 aliphatic heterocycles. The van der Waals surface area contributed by atoms with Gasteiger partial charge in [0.15, 0.2) is 0 Å². The Balaban J connectivity index is 1.46. The predicted octanol–water partition coefficient (Wildman–Crippen LogP) is 5.76. The molecule has 182 valence electrons.